The third-order valence-electron chi connectivity index (χ3n) is 3.90. The number of rotatable bonds is 6. The molecule has 124 valence electrons. The van der Waals surface area contributed by atoms with Gasteiger partial charge in [0, 0.05) is 31.7 Å². The van der Waals surface area contributed by atoms with Crippen LogP contribution < -0.4 is 5.32 Å². The van der Waals surface area contributed by atoms with E-state index in [9.17, 15) is 0 Å². The number of pyridine rings is 1. The minimum atomic E-state index is 0.214. The Balaban J connectivity index is 1.70. The Morgan fingerprint density at radius 2 is 2.09 bits per heavy atom. The number of nitrogens with zero attached hydrogens (tertiary/aromatic N) is 4. The lowest BCUT2D eigenvalue weighted by Gasteiger charge is -2.34. The van der Waals surface area contributed by atoms with E-state index < -0.39 is 0 Å². The van der Waals surface area contributed by atoms with Crippen molar-refractivity contribution in [2.75, 3.05) is 38.2 Å². The fourth-order valence-corrected chi connectivity index (χ4v) is 3.36. The Kier molecular flexibility index (Phi) is 5.53. The van der Waals surface area contributed by atoms with Crippen LogP contribution in [0.3, 0.4) is 0 Å². The second-order valence-electron chi connectivity index (χ2n) is 5.90. The summed E-state index contributed by atoms with van der Waals surface area (Å²) in [4.78, 5) is 6.96. The molecule has 0 amide bonds. The summed E-state index contributed by atoms with van der Waals surface area (Å²) in [5.74, 6) is 0.411. The van der Waals surface area contributed by atoms with E-state index in [0.29, 0.717) is 5.92 Å². The van der Waals surface area contributed by atoms with E-state index in [1.165, 1.54) is 0 Å². The molecule has 6 nitrogen and oxygen atoms in total. The van der Waals surface area contributed by atoms with Crippen molar-refractivity contribution in [3.8, 4) is 0 Å². The molecule has 0 saturated carbocycles. The molecule has 23 heavy (non-hydrogen) atoms. The Labute approximate surface area is 140 Å². The smallest absolute Gasteiger partial charge is 0.205 e. The molecule has 1 saturated heterocycles. The van der Waals surface area contributed by atoms with Crippen molar-refractivity contribution in [2.45, 2.75) is 25.8 Å². The number of hydrogen-bond donors (Lipinski definition) is 1. The second-order valence-corrected chi connectivity index (χ2v) is 6.91. The number of ether oxygens (including phenoxy) is 1. The highest BCUT2D eigenvalue weighted by molar-refractivity contribution is 7.15. The first kappa shape index (κ1) is 16.3. The van der Waals surface area contributed by atoms with Gasteiger partial charge in [0.25, 0.3) is 0 Å². The van der Waals surface area contributed by atoms with E-state index in [1.807, 2.05) is 18.3 Å². The molecule has 1 N–H and O–H groups in total. The lowest BCUT2D eigenvalue weighted by atomic mass is 10.1. The van der Waals surface area contributed by atoms with E-state index in [1.54, 1.807) is 11.3 Å². The van der Waals surface area contributed by atoms with E-state index in [0.717, 1.165) is 48.7 Å². The monoisotopic (exact) mass is 333 g/mol. The molecular formula is C16H23N5OS. The van der Waals surface area contributed by atoms with Gasteiger partial charge in [0.2, 0.25) is 5.13 Å². The van der Waals surface area contributed by atoms with Crippen molar-refractivity contribution >= 4 is 16.5 Å². The van der Waals surface area contributed by atoms with Crippen LogP contribution >= 0.6 is 11.3 Å². The molecule has 1 aliphatic rings. The number of nitrogens with one attached hydrogen (secondary N) is 1. The van der Waals surface area contributed by atoms with Crippen LogP contribution in [0.25, 0.3) is 0 Å². The molecule has 3 heterocycles. The van der Waals surface area contributed by atoms with Crippen molar-refractivity contribution in [3.63, 3.8) is 0 Å². The minimum absolute atomic E-state index is 0.214. The van der Waals surface area contributed by atoms with Crippen LogP contribution in [0.2, 0.25) is 0 Å². The zero-order valence-electron chi connectivity index (χ0n) is 13.6. The molecule has 1 atom stereocenters. The van der Waals surface area contributed by atoms with Gasteiger partial charge >= 0.3 is 0 Å². The average molecular weight is 333 g/mol. The maximum absolute atomic E-state index is 5.48. The Morgan fingerprint density at radius 1 is 1.26 bits per heavy atom. The van der Waals surface area contributed by atoms with Crippen molar-refractivity contribution in [1.82, 2.24) is 20.1 Å². The first-order valence-corrected chi connectivity index (χ1v) is 8.85. The highest BCUT2D eigenvalue weighted by Gasteiger charge is 2.23. The average Bonchev–Trinajstić information content (AvgIpc) is 3.06. The van der Waals surface area contributed by atoms with Crippen LogP contribution in [0.5, 0.6) is 0 Å². The first-order valence-electron chi connectivity index (χ1n) is 8.04. The van der Waals surface area contributed by atoms with Gasteiger partial charge in [-0.3, -0.25) is 9.88 Å². The van der Waals surface area contributed by atoms with Crippen molar-refractivity contribution < 1.29 is 4.74 Å². The summed E-state index contributed by atoms with van der Waals surface area (Å²) in [6.07, 6.45) is 1.85. The highest BCUT2D eigenvalue weighted by atomic mass is 32.1. The van der Waals surface area contributed by atoms with Crippen LogP contribution in [0.1, 0.15) is 36.5 Å². The second kappa shape index (κ2) is 7.81. The quantitative estimate of drug-likeness (QED) is 0.876. The number of hydrogen-bond acceptors (Lipinski definition) is 7. The summed E-state index contributed by atoms with van der Waals surface area (Å²) in [7, 11) is 0. The van der Waals surface area contributed by atoms with Crippen LogP contribution in [0.15, 0.2) is 24.4 Å². The standard InChI is InChI=1S/C16H23N5OS/c1-12(2)15-19-20-16(23-15)18-11-14(13-5-3-4-6-17-13)21-7-9-22-10-8-21/h3-6,12,14H,7-11H2,1-2H3,(H,18,20). The summed E-state index contributed by atoms with van der Waals surface area (Å²) >= 11 is 1.63. The van der Waals surface area contributed by atoms with Gasteiger partial charge in [-0.1, -0.05) is 31.3 Å². The predicted molar refractivity (Wildman–Crippen MR) is 91.9 cm³/mol. The summed E-state index contributed by atoms with van der Waals surface area (Å²) in [6, 6.07) is 6.29. The van der Waals surface area contributed by atoms with Crippen molar-refractivity contribution in [1.29, 1.82) is 0 Å². The molecule has 7 heteroatoms. The zero-order chi connectivity index (χ0) is 16.1. The molecule has 0 radical (unpaired) electrons. The number of morpholine rings is 1. The van der Waals surface area contributed by atoms with E-state index in [4.69, 9.17) is 4.74 Å². The molecule has 0 aromatic carbocycles. The fraction of sp³-hybridized carbons (Fsp3) is 0.562. The molecule has 2 aromatic rings. The maximum atomic E-state index is 5.48. The lowest BCUT2D eigenvalue weighted by molar-refractivity contribution is 0.0179. The molecule has 1 unspecified atom stereocenters. The summed E-state index contributed by atoms with van der Waals surface area (Å²) < 4.78 is 5.48. The Hall–Kier alpha value is -1.57. The van der Waals surface area contributed by atoms with Crippen molar-refractivity contribution in [3.05, 3.63) is 35.1 Å². The molecule has 1 aliphatic heterocycles. The highest BCUT2D eigenvalue weighted by Crippen LogP contribution is 2.25. The molecular weight excluding hydrogens is 310 g/mol. The molecule has 2 aromatic heterocycles. The van der Waals surface area contributed by atoms with E-state index in [2.05, 4.69) is 45.3 Å². The summed E-state index contributed by atoms with van der Waals surface area (Å²) in [5.41, 5.74) is 1.08. The van der Waals surface area contributed by atoms with Gasteiger partial charge in [-0.2, -0.15) is 0 Å². The largest absolute Gasteiger partial charge is 0.379 e. The predicted octanol–water partition coefficient (Wildman–Crippen LogP) is 2.54. The SMILES string of the molecule is CC(C)c1nnc(NCC(c2ccccn2)N2CCOCC2)s1. The van der Waals surface area contributed by atoms with Crippen LogP contribution in [0, 0.1) is 0 Å². The normalized spacial score (nSPS) is 17.3. The van der Waals surface area contributed by atoms with Gasteiger partial charge in [0.15, 0.2) is 0 Å². The van der Waals surface area contributed by atoms with Gasteiger partial charge in [-0.15, -0.1) is 10.2 Å². The van der Waals surface area contributed by atoms with Gasteiger partial charge in [0.1, 0.15) is 5.01 Å². The minimum Gasteiger partial charge on any atom is -0.379 e. The first-order chi connectivity index (χ1) is 11.2. The maximum Gasteiger partial charge on any atom is 0.205 e. The molecule has 0 aliphatic carbocycles. The van der Waals surface area contributed by atoms with Gasteiger partial charge in [-0.25, -0.2) is 0 Å². The molecule has 0 bridgehead atoms. The summed E-state index contributed by atoms with van der Waals surface area (Å²) in [5, 5.41) is 13.9. The lowest BCUT2D eigenvalue weighted by Crippen LogP contribution is -2.41. The third kappa shape index (κ3) is 4.25. The number of anilines is 1. The van der Waals surface area contributed by atoms with Crippen LogP contribution in [-0.4, -0.2) is 52.9 Å². The Morgan fingerprint density at radius 3 is 2.74 bits per heavy atom. The third-order valence-corrected chi connectivity index (χ3v) is 5.08. The molecule has 1 fully saturated rings. The summed E-state index contributed by atoms with van der Waals surface area (Å²) in [6.45, 7) is 8.44. The molecule has 0 spiro atoms. The van der Waals surface area contributed by atoms with Crippen molar-refractivity contribution in [2.24, 2.45) is 0 Å². The topological polar surface area (TPSA) is 63.2 Å². The van der Waals surface area contributed by atoms with E-state index >= 15 is 0 Å². The molecule has 3 rings (SSSR count). The van der Waals surface area contributed by atoms with Gasteiger partial charge in [0.05, 0.1) is 24.9 Å². The van der Waals surface area contributed by atoms with Crippen LogP contribution in [0.4, 0.5) is 5.13 Å². The fourth-order valence-electron chi connectivity index (χ4n) is 2.61. The Bertz CT molecular complexity index is 598. The van der Waals surface area contributed by atoms with Gasteiger partial charge in [-0.05, 0) is 12.1 Å². The van der Waals surface area contributed by atoms with Crippen LogP contribution in [-0.2, 0) is 4.74 Å². The van der Waals surface area contributed by atoms with E-state index in [-0.39, 0.29) is 6.04 Å². The van der Waals surface area contributed by atoms with Gasteiger partial charge < -0.3 is 10.1 Å². The number of aromatic nitrogens is 3. The zero-order valence-corrected chi connectivity index (χ0v) is 14.4.